The van der Waals surface area contributed by atoms with Crippen LogP contribution < -0.4 is 10.2 Å². The van der Waals surface area contributed by atoms with Crippen molar-refractivity contribution in [3.8, 4) is 0 Å². The molecule has 0 heterocycles. The van der Waals surface area contributed by atoms with Gasteiger partial charge in [-0.3, -0.25) is 0 Å². The standard InChI is InChI=1S/C18H23FN2/c1-13(2)20-12-16-17(19)9-6-10-18(16)21(4)15-8-5-7-14(3)11-15/h5-11,13,20H,12H2,1-4H3. The monoisotopic (exact) mass is 286 g/mol. The first kappa shape index (κ1) is 15.5. The van der Waals surface area contributed by atoms with Crippen molar-refractivity contribution in [3.05, 3.63) is 59.4 Å². The van der Waals surface area contributed by atoms with Gasteiger partial charge in [-0.15, -0.1) is 0 Å². The summed E-state index contributed by atoms with van der Waals surface area (Å²) in [6, 6.07) is 13.8. The molecule has 0 bridgehead atoms. The highest BCUT2D eigenvalue weighted by atomic mass is 19.1. The van der Waals surface area contributed by atoms with Gasteiger partial charge in [0.15, 0.2) is 0 Å². The van der Waals surface area contributed by atoms with Crippen molar-refractivity contribution >= 4 is 11.4 Å². The minimum absolute atomic E-state index is 0.167. The molecule has 0 aliphatic carbocycles. The van der Waals surface area contributed by atoms with E-state index in [1.165, 1.54) is 11.6 Å². The zero-order chi connectivity index (χ0) is 15.4. The Hall–Kier alpha value is -1.87. The van der Waals surface area contributed by atoms with E-state index in [2.05, 4.69) is 38.2 Å². The molecule has 0 atom stereocenters. The molecule has 0 aliphatic heterocycles. The van der Waals surface area contributed by atoms with E-state index in [0.29, 0.717) is 18.2 Å². The maximum Gasteiger partial charge on any atom is 0.129 e. The molecule has 1 N–H and O–H groups in total. The van der Waals surface area contributed by atoms with Gasteiger partial charge in [0.05, 0.1) is 0 Å². The predicted molar refractivity (Wildman–Crippen MR) is 87.6 cm³/mol. The third-order valence-corrected chi connectivity index (χ3v) is 3.53. The largest absolute Gasteiger partial charge is 0.344 e. The normalized spacial score (nSPS) is 11.0. The number of nitrogens with zero attached hydrogens (tertiary/aromatic N) is 1. The lowest BCUT2D eigenvalue weighted by Gasteiger charge is -2.24. The molecule has 2 aromatic rings. The van der Waals surface area contributed by atoms with Crippen molar-refractivity contribution in [2.75, 3.05) is 11.9 Å². The molecule has 0 saturated carbocycles. The van der Waals surface area contributed by atoms with Gasteiger partial charge in [-0.05, 0) is 36.8 Å². The Balaban J connectivity index is 2.36. The topological polar surface area (TPSA) is 15.3 Å². The predicted octanol–water partition coefficient (Wildman–Crippen LogP) is 4.40. The van der Waals surface area contributed by atoms with Crippen molar-refractivity contribution in [3.63, 3.8) is 0 Å². The van der Waals surface area contributed by atoms with E-state index in [4.69, 9.17) is 0 Å². The molecule has 2 aromatic carbocycles. The number of hydrogen-bond donors (Lipinski definition) is 1. The Bertz CT molecular complexity index is 608. The van der Waals surface area contributed by atoms with Crippen molar-refractivity contribution in [1.82, 2.24) is 5.32 Å². The summed E-state index contributed by atoms with van der Waals surface area (Å²) in [7, 11) is 1.97. The maximum atomic E-state index is 14.2. The Morgan fingerprint density at radius 1 is 1.14 bits per heavy atom. The number of benzene rings is 2. The van der Waals surface area contributed by atoms with Crippen LogP contribution in [0.3, 0.4) is 0 Å². The van der Waals surface area contributed by atoms with Gasteiger partial charge in [0.2, 0.25) is 0 Å². The van der Waals surface area contributed by atoms with E-state index in [1.54, 1.807) is 6.07 Å². The molecular formula is C18H23FN2. The number of rotatable bonds is 5. The van der Waals surface area contributed by atoms with Crippen LogP contribution in [0.25, 0.3) is 0 Å². The molecule has 21 heavy (non-hydrogen) atoms. The summed E-state index contributed by atoms with van der Waals surface area (Å²) in [4.78, 5) is 2.04. The second-order valence-electron chi connectivity index (χ2n) is 5.67. The van der Waals surface area contributed by atoms with E-state index in [9.17, 15) is 4.39 Å². The molecular weight excluding hydrogens is 263 g/mol. The first-order valence-corrected chi connectivity index (χ1v) is 7.30. The molecule has 0 aliphatic rings. The van der Waals surface area contributed by atoms with Gasteiger partial charge in [0, 0.05) is 36.6 Å². The molecule has 112 valence electrons. The second-order valence-corrected chi connectivity index (χ2v) is 5.67. The van der Waals surface area contributed by atoms with Gasteiger partial charge in [-0.1, -0.05) is 32.0 Å². The number of nitrogens with one attached hydrogen (secondary N) is 1. The van der Waals surface area contributed by atoms with Gasteiger partial charge in [-0.25, -0.2) is 4.39 Å². The van der Waals surface area contributed by atoms with Crippen LogP contribution in [0.1, 0.15) is 25.0 Å². The van der Waals surface area contributed by atoms with Crippen LogP contribution in [0.2, 0.25) is 0 Å². The first-order valence-electron chi connectivity index (χ1n) is 7.30. The van der Waals surface area contributed by atoms with Gasteiger partial charge in [0.1, 0.15) is 5.82 Å². The third kappa shape index (κ3) is 3.82. The zero-order valence-electron chi connectivity index (χ0n) is 13.2. The van der Waals surface area contributed by atoms with E-state index in [-0.39, 0.29) is 5.82 Å². The summed E-state index contributed by atoms with van der Waals surface area (Å²) in [5.74, 6) is -0.167. The van der Waals surface area contributed by atoms with Gasteiger partial charge in [-0.2, -0.15) is 0 Å². The fraction of sp³-hybridized carbons (Fsp3) is 0.333. The lowest BCUT2D eigenvalue weighted by atomic mass is 10.1. The van der Waals surface area contributed by atoms with E-state index >= 15 is 0 Å². The molecule has 0 fully saturated rings. The lowest BCUT2D eigenvalue weighted by Crippen LogP contribution is -2.24. The van der Waals surface area contributed by atoms with Crippen LogP contribution in [-0.2, 0) is 6.54 Å². The summed E-state index contributed by atoms with van der Waals surface area (Å²) in [6.45, 7) is 6.70. The Kier molecular flexibility index (Phi) is 4.97. The fourth-order valence-corrected chi connectivity index (χ4v) is 2.32. The van der Waals surface area contributed by atoms with Crippen molar-refractivity contribution in [2.45, 2.75) is 33.4 Å². The number of aryl methyl sites for hydroxylation is 1. The van der Waals surface area contributed by atoms with Crippen molar-refractivity contribution in [2.24, 2.45) is 0 Å². The Labute approximate surface area is 126 Å². The van der Waals surface area contributed by atoms with Gasteiger partial charge >= 0.3 is 0 Å². The molecule has 3 heteroatoms. The second kappa shape index (κ2) is 6.72. The van der Waals surface area contributed by atoms with Crippen molar-refractivity contribution < 1.29 is 4.39 Å². The summed E-state index contributed by atoms with van der Waals surface area (Å²) in [5, 5.41) is 3.29. The van der Waals surface area contributed by atoms with Crippen LogP contribution >= 0.6 is 0 Å². The van der Waals surface area contributed by atoms with Crippen LogP contribution in [0.15, 0.2) is 42.5 Å². The molecule has 0 aromatic heterocycles. The average molecular weight is 286 g/mol. The number of halogens is 1. The highest BCUT2D eigenvalue weighted by molar-refractivity contribution is 5.66. The Morgan fingerprint density at radius 2 is 1.86 bits per heavy atom. The lowest BCUT2D eigenvalue weighted by molar-refractivity contribution is 0.553. The minimum Gasteiger partial charge on any atom is -0.344 e. The smallest absolute Gasteiger partial charge is 0.129 e. The summed E-state index contributed by atoms with van der Waals surface area (Å²) in [5.41, 5.74) is 3.85. The van der Waals surface area contributed by atoms with Crippen LogP contribution in [0.4, 0.5) is 15.8 Å². The zero-order valence-corrected chi connectivity index (χ0v) is 13.2. The quantitative estimate of drug-likeness (QED) is 0.876. The van der Waals surface area contributed by atoms with Gasteiger partial charge in [0.25, 0.3) is 0 Å². The van der Waals surface area contributed by atoms with Crippen LogP contribution in [-0.4, -0.2) is 13.1 Å². The first-order chi connectivity index (χ1) is 9.99. The molecule has 0 radical (unpaired) electrons. The number of anilines is 2. The van der Waals surface area contributed by atoms with Crippen LogP contribution in [0.5, 0.6) is 0 Å². The number of hydrogen-bond acceptors (Lipinski definition) is 2. The SMILES string of the molecule is Cc1cccc(N(C)c2cccc(F)c2CNC(C)C)c1. The molecule has 0 saturated heterocycles. The van der Waals surface area contributed by atoms with Crippen molar-refractivity contribution in [1.29, 1.82) is 0 Å². The van der Waals surface area contributed by atoms with E-state index in [1.807, 2.05) is 30.1 Å². The molecule has 2 rings (SSSR count). The summed E-state index contributed by atoms with van der Waals surface area (Å²) < 4.78 is 14.2. The fourth-order valence-electron chi connectivity index (χ4n) is 2.32. The molecule has 0 unspecified atom stereocenters. The Morgan fingerprint density at radius 3 is 2.52 bits per heavy atom. The highest BCUT2D eigenvalue weighted by Gasteiger charge is 2.13. The maximum absolute atomic E-state index is 14.2. The van der Waals surface area contributed by atoms with Crippen LogP contribution in [0, 0.1) is 12.7 Å². The molecule has 2 nitrogen and oxygen atoms in total. The van der Waals surface area contributed by atoms with Gasteiger partial charge < -0.3 is 10.2 Å². The highest BCUT2D eigenvalue weighted by Crippen LogP contribution is 2.29. The summed E-state index contributed by atoms with van der Waals surface area (Å²) in [6.07, 6.45) is 0. The van der Waals surface area contributed by atoms with E-state index in [0.717, 1.165) is 11.4 Å². The summed E-state index contributed by atoms with van der Waals surface area (Å²) >= 11 is 0. The third-order valence-electron chi connectivity index (χ3n) is 3.53. The van der Waals surface area contributed by atoms with E-state index < -0.39 is 0 Å². The average Bonchev–Trinajstić information content (AvgIpc) is 2.45. The minimum atomic E-state index is -0.167. The molecule has 0 spiro atoms. The molecule has 0 amide bonds.